The monoisotopic (exact) mass is 258 g/mol. The Labute approximate surface area is 112 Å². The van der Waals surface area contributed by atoms with Crippen LogP contribution in [0.2, 0.25) is 0 Å². The third-order valence-electron chi connectivity index (χ3n) is 3.89. The quantitative estimate of drug-likeness (QED) is 0.744. The van der Waals surface area contributed by atoms with Gasteiger partial charge in [0.15, 0.2) is 0 Å². The van der Waals surface area contributed by atoms with E-state index in [0.29, 0.717) is 24.5 Å². The first-order valence-corrected chi connectivity index (χ1v) is 7.32. The van der Waals surface area contributed by atoms with Gasteiger partial charge in [-0.05, 0) is 37.0 Å². The van der Waals surface area contributed by atoms with Crippen molar-refractivity contribution >= 4 is 0 Å². The van der Waals surface area contributed by atoms with E-state index in [1.54, 1.807) is 0 Å². The molecule has 1 aliphatic rings. The fraction of sp³-hybridized carbons (Fsp3) is 1.00. The third kappa shape index (κ3) is 5.25. The largest absolute Gasteiger partial charge is 0.390 e. The molecule has 108 valence electrons. The molecule has 1 fully saturated rings. The molecule has 0 aromatic heterocycles. The lowest BCUT2D eigenvalue weighted by molar-refractivity contribution is -0.0946. The Balaban J connectivity index is 2.29. The molecule has 0 aromatic carbocycles. The third-order valence-corrected chi connectivity index (χ3v) is 3.89. The van der Waals surface area contributed by atoms with Gasteiger partial charge >= 0.3 is 0 Å². The SMILES string of the molecule is CCCOCCOC1CC(C(C)(C)C)CCC1O. The highest BCUT2D eigenvalue weighted by Gasteiger charge is 2.35. The van der Waals surface area contributed by atoms with Crippen molar-refractivity contribution in [3.8, 4) is 0 Å². The minimum Gasteiger partial charge on any atom is -0.390 e. The maximum atomic E-state index is 9.99. The average molecular weight is 258 g/mol. The summed E-state index contributed by atoms with van der Waals surface area (Å²) in [6.45, 7) is 10.9. The van der Waals surface area contributed by atoms with Gasteiger partial charge in [0.1, 0.15) is 0 Å². The van der Waals surface area contributed by atoms with Gasteiger partial charge in [0, 0.05) is 6.61 Å². The first-order chi connectivity index (χ1) is 8.45. The van der Waals surface area contributed by atoms with E-state index < -0.39 is 0 Å². The summed E-state index contributed by atoms with van der Waals surface area (Å²) >= 11 is 0. The topological polar surface area (TPSA) is 38.7 Å². The molecule has 0 amide bonds. The lowest BCUT2D eigenvalue weighted by Gasteiger charge is -2.39. The van der Waals surface area contributed by atoms with Crippen LogP contribution in [0.15, 0.2) is 0 Å². The van der Waals surface area contributed by atoms with Gasteiger partial charge in [-0.15, -0.1) is 0 Å². The van der Waals surface area contributed by atoms with E-state index in [-0.39, 0.29) is 12.2 Å². The summed E-state index contributed by atoms with van der Waals surface area (Å²) in [5, 5.41) is 9.99. The molecule has 0 radical (unpaired) electrons. The van der Waals surface area contributed by atoms with Gasteiger partial charge in [-0.25, -0.2) is 0 Å². The number of aliphatic hydroxyl groups is 1. The van der Waals surface area contributed by atoms with Crippen molar-refractivity contribution < 1.29 is 14.6 Å². The molecule has 0 heterocycles. The van der Waals surface area contributed by atoms with Crippen LogP contribution in [0, 0.1) is 11.3 Å². The molecule has 0 aromatic rings. The molecule has 1 saturated carbocycles. The molecule has 1 N–H and O–H groups in total. The van der Waals surface area contributed by atoms with E-state index in [2.05, 4.69) is 27.7 Å². The number of aliphatic hydroxyl groups excluding tert-OH is 1. The molecule has 1 aliphatic carbocycles. The Morgan fingerprint density at radius 3 is 2.44 bits per heavy atom. The predicted octanol–water partition coefficient (Wildman–Crippen LogP) is 3.01. The molecule has 3 nitrogen and oxygen atoms in total. The Morgan fingerprint density at radius 1 is 1.11 bits per heavy atom. The van der Waals surface area contributed by atoms with Gasteiger partial charge in [0.25, 0.3) is 0 Å². The van der Waals surface area contributed by atoms with Gasteiger partial charge in [-0.1, -0.05) is 27.7 Å². The average Bonchev–Trinajstić information content (AvgIpc) is 2.29. The lowest BCUT2D eigenvalue weighted by atomic mass is 9.71. The van der Waals surface area contributed by atoms with Crippen molar-refractivity contribution in [1.82, 2.24) is 0 Å². The number of ether oxygens (including phenoxy) is 2. The maximum Gasteiger partial charge on any atom is 0.0837 e. The zero-order valence-corrected chi connectivity index (χ0v) is 12.4. The molecule has 1 rings (SSSR count). The van der Waals surface area contributed by atoms with E-state index in [1.807, 2.05) is 0 Å². The van der Waals surface area contributed by atoms with E-state index in [1.165, 1.54) is 0 Å². The second-order valence-corrected chi connectivity index (χ2v) is 6.46. The van der Waals surface area contributed by atoms with Crippen LogP contribution in [0.4, 0.5) is 0 Å². The highest BCUT2D eigenvalue weighted by Crippen LogP contribution is 2.38. The Hall–Kier alpha value is -0.120. The van der Waals surface area contributed by atoms with Gasteiger partial charge in [0.2, 0.25) is 0 Å². The minimum absolute atomic E-state index is 0.00629. The van der Waals surface area contributed by atoms with Gasteiger partial charge in [-0.2, -0.15) is 0 Å². The molecule has 3 atom stereocenters. The van der Waals surface area contributed by atoms with E-state index in [9.17, 15) is 5.11 Å². The highest BCUT2D eigenvalue weighted by molar-refractivity contribution is 4.86. The van der Waals surface area contributed by atoms with Gasteiger partial charge < -0.3 is 14.6 Å². The molecule has 18 heavy (non-hydrogen) atoms. The van der Waals surface area contributed by atoms with Crippen molar-refractivity contribution in [3.05, 3.63) is 0 Å². The van der Waals surface area contributed by atoms with Crippen molar-refractivity contribution in [2.45, 2.75) is 65.6 Å². The fourth-order valence-corrected chi connectivity index (χ4v) is 2.58. The zero-order chi connectivity index (χ0) is 13.6. The standard InChI is InChI=1S/C15H30O3/c1-5-8-17-9-10-18-14-11-12(15(2,3)4)6-7-13(14)16/h12-14,16H,5-11H2,1-4H3. The highest BCUT2D eigenvalue weighted by atomic mass is 16.5. The smallest absolute Gasteiger partial charge is 0.0837 e. The van der Waals surface area contributed by atoms with Crippen LogP contribution in [0.5, 0.6) is 0 Å². The molecular weight excluding hydrogens is 228 g/mol. The Bertz CT molecular complexity index is 222. The van der Waals surface area contributed by atoms with Gasteiger partial charge in [0.05, 0.1) is 25.4 Å². The summed E-state index contributed by atoms with van der Waals surface area (Å²) in [5.74, 6) is 0.641. The van der Waals surface area contributed by atoms with Crippen molar-refractivity contribution in [2.24, 2.45) is 11.3 Å². The Kier molecular flexibility index (Phi) is 6.61. The van der Waals surface area contributed by atoms with Crippen LogP contribution in [0.25, 0.3) is 0 Å². The molecule has 3 heteroatoms. The van der Waals surface area contributed by atoms with E-state index >= 15 is 0 Å². The maximum absolute atomic E-state index is 9.99. The summed E-state index contributed by atoms with van der Waals surface area (Å²) in [6.07, 6.45) is 3.68. The zero-order valence-electron chi connectivity index (χ0n) is 12.4. The molecular formula is C15H30O3. The molecule has 0 aliphatic heterocycles. The van der Waals surface area contributed by atoms with Crippen LogP contribution in [0.3, 0.4) is 0 Å². The first kappa shape index (κ1) is 15.9. The number of hydrogen-bond acceptors (Lipinski definition) is 3. The predicted molar refractivity (Wildman–Crippen MR) is 73.7 cm³/mol. The summed E-state index contributed by atoms with van der Waals surface area (Å²) in [7, 11) is 0. The molecule has 0 saturated heterocycles. The molecule has 0 bridgehead atoms. The lowest BCUT2D eigenvalue weighted by Crippen LogP contribution is -2.40. The first-order valence-electron chi connectivity index (χ1n) is 7.32. The van der Waals surface area contributed by atoms with Crippen LogP contribution in [-0.2, 0) is 9.47 Å². The van der Waals surface area contributed by atoms with E-state index in [4.69, 9.17) is 9.47 Å². The second kappa shape index (κ2) is 7.46. The van der Waals surface area contributed by atoms with E-state index in [0.717, 1.165) is 32.3 Å². The molecule has 0 spiro atoms. The normalized spacial score (nSPS) is 29.5. The minimum atomic E-state index is -0.297. The fourth-order valence-electron chi connectivity index (χ4n) is 2.58. The summed E-state index contributed by atoms with van der Waals surface area (Å²) < 4.78 is 11.2. The van der Waals surface area contributed by atoms with Crippen LogP contribution >= 0.6 is 0 Å². The van der Waals surface area contributed by atoms with Crippen LogP contribution in [-0.4, -0.2) is 37.1 Å². The van der Waals surface area contributed by atoms with Crippen molar-refractivity contribution in [1.29, 1.82) is 0 Å². The van der Waals surface area contributed by atoms with Gasteiger partial charge in [-0.3, -0.25) is 0 Å². The van der Waals surface area contributed by atoms with Crippen LogP contribution < -0.4 is 0 Å². The number of hydrogen-bond donors (Lipinski definition) is 1. The van der Waals surface area contributed by atoms with Crippen molar-refractivity contribution in [2.75, 3.05) is 19.8 Å². The summed E-state index contributed by atoms with van der Waals surface area (Å²) in [5.41, 5.74) is 0.306. The summed E-state index contributed by atoms with van der Waals surface area (Å²) in [4.78, 5) is 0. The second-order valence-electron chi connectivity index (χ2n) is 6.46. The Morgan fingerprint density at radius 2 is 1.83 bits per heavy atom. The van der Waals surface area contributed by atoms with Crippen molar-refractivity contribution in [3.63, 3.8) is 0 Å². The molecule has 3 unspecified atom stereocenters. The summed E-state index contributed by atoms with van der Waals surface area (Å²) in [6, 6.07) is 0. The number of rotatable bonds is 6. The van der Waals surface area contributed by atoms with Crippen LogP contribution in [0.1, 0.15) is 53.4 Å².